The lowest BCUT2D eigenvalue weighted by atomic mass is 9.47. The SMILES string of the molecule is CC(=O)c1ccc(C(O)(/C=C/c2ccccc2)C(F)(F)C(=O)C23CC4CC(CC(C4)C2)C3)cc1. The van der Waals surface area contributed by atoms with Crippen LogP contribution in [-0.2, 0) is 10.4 Å². The van der Waals surface area contributed by atoms with Gasteiger partial charge in [-0.15, -0.1) is 0 Å². The van der Waals surface area contributed by atoms with Gasteiger partial charge in [0.15, 0.2) is 11.4 Å². The number of ketones is 2. The second-order valence-corrected chi connectivity index (χ2v) is 10.7. The van der Waals surface area contributed by atoms with Crippen LogP contribution in [0.4, 0.5) is 8.78 Å². The summed E-state index contributed by atoms with van der Waals surface area (Å²) in [6, 6.07) is 14.4. The summed E-state index contributed by atoms with van der Waals surface area (Å²) in [5.74, 6) is -4.38. The van der Waals surface area contributed by atoms with E-state index in [-0.39, 0.29) is 11.3 Å². The number of aliphatic hydroxyl groups is 1. The highest BCUT2D eigenvalue weighted by molar-refractivity contribution is 5.95. The largest absolute Gasteiger partial charge is 0.374 e. The molecule has 4 aliphatic carbocycles. The Balaban J connectivity index is 1.56. The molecular weight excluding hydrogens is 434 g/mol. The number of hydrogen-bond acceptors (Lipinski definition) is 3. The number of hydrogen-bond donors (Lipinski definition) is 1. The van der Waals surface area contributed by atoms with E-state index in [9.17, 15) is 14.7 Å². The molecule has 34 heavy (non-hydrogen) atoms. The molecule has 0 amide bonds. The highest BCUT2D eigenvalue weighted by Gasteiger charge is 2.66. The fraction of sp³-hybridized carbons (Fsp3) is 0.448. The second kappa shape index (κ2) is 8.23. The Labute approximate surface area is 198 Å². The van der Waals surface area contributed by atoms with Crippen molar-refractivity contribution in [3.63, 3.8) is 0 Å². The summed E-state index contributed by atoms with van der Waals surface area (Å²) >= 11 is 0. The molecule has 0 aliphatic heterocycles. The van der Waals surface area contributed by atoms with Gasteiger partial charge in [-0.05, 0) is 80.4 Å². The van der Waals surface area contributed by atoms with Crippen LogP contribution < -0.4 is 0 Å². The summed E-state index contributed by atoms with van der Waals surface area (Å²) in [6.45, 7) is 1.39. The lowest BCUT2D eigenvalue weighted by molar-refractivity contribution is -0.200. The first-order valence-corrected chi connectivity index (χ1v) is 12.1. The fourth-order valence-electron chi connectivity index (χ4n) is 7.02. The second-order valence-electron chi connectivity index (χ2n) is 10.7. The van der Waals surface area contributed by atoms with Crippen LogP contribution >= 0.6 is 0 Å². The molecule has 2 aromatic rings. The van der Waals surface area contributed by atoms with Crippen molar-refractivity contribution in [2.45, 2.75) is 57.0 Å². The molecule has 6 rings (SSSR count). The van der Waals surface area contributed by atoms with Crippen molar-refractivity contribution < 1.29 is 23.5 Å². The van der Waals surface area contributed by atoms with E-state index in [0.29, 0.717) is 48.1 Å². The standard InChI is InChI=1S/C29H30F2O3/c1-19(32)24-7-9-25(10-8-24)28(34,12-11-20-5-3-2-4-6-20)29(30,31)26(33)27-16-21-13-22(17-27)15-23(14-21)18-27/h2-12,21-23,34H,13-18H2,1H3/b12-11+. The molecule has 4 aliphatic rings. The van der Waals surface area contributed by atoms with E-state index in [1.54, 1.807) is 24.3 Å². The van der Waals surface area contributed by atoms with Gasteiger partial charge in [-0.3, -0.25) is 9.59 Å². The van der Waals surface area contributed by atoms with Crippen molar-refractivity contribution in [1.29, 1.82) is 0 Å². The van der Waals surface area contributed by atoms with Gasteiger partial charge in [0.25, 0.3) is 0 Å². The summed E-state index contributed by atoms with van der Waals surface area (Å²) in [5, 5.41) is 11.6. The third-order valence-corrected chi connectivity index (χ3v) is 8.33. The molecule has 0 saturated heterocycles. The van der Waals surface area contributed by atoms with Gasteiger partial charge >= 0.3 is 5.92 Å². The molecule has 2 aromatic carbocycles. The van der Waals surface area contributed by atoms with Gasteiger partial charge in [0.1, 0.15) is 0 Å². The molecule has 1 unspecified atom stereocenters. The number of rotatable bonds is 7. The predicted molar refractivity (Wildman–Crippen MR) is 126 cm³/mol. The Kier molecular flexibility index (Phi) is 5.59. The quantitative estimate of drug-likeness (QED) is 0.496. The summed E-state index contributed by atoms with van der Waals surface area (Å²) in [7, 11) is 0. The molecule has 0 aromatic heterocycles. The van der Waals surface area contributed by atoms with Crippen molar-refractivity contribution in [2.75, 3.05) is 0 Å². The Hall–Kier alpha value is -2.66. The Morgan fingerprint density at radius 2 is 1.44 bits per heavy atom. The maximum Gasteiger partial charge on any atom is 0.341 e. The van der Waals surface area contributed by atoms with Gasteiger partial charge in [-0.25, -0.2) is 0 Å². The van der Waals surface area contributed by atoms with Crippen LogP contribution in [0.1, 0.15) is 66.9 Å². The van der Waals surface area contributed by atoms with Gasteiger partial charge in [0.2, 0.25) is 5.78 Å². The molecular formula is C29H30F2O3. The topological polar surface area (TPSA) is 54.4 Å². The normalized spacial score (nSPS) is 29.8. The van der Waals surface area contributed by atoms with Crippen molar-refractivity contribution in [3.05, 3.63) is 77.4 Å². The fourth-order valence-corrected chi connectivity index (χ4v) is 7.02. The highest BCUT2D eigenvalue weighted by atomic mass is 19.3. The number of benzene rings is 2. The Morgan fingerprint density at radius 1 is 0.912 bits per heavy atom. The molecule has 0 heterocycles. The smallest absolute Gasteiger partial charge is 0.341 e. The molecule has 1 atom stereocenters. The molecule has 4 bridgehead atoms. The minimum atomic E-state index is -4.03. The van der Waals surface area contributed by atoms with Crippen molar-refractivity contribution in [1.82, 2.24) is 0 Å². The van der Waals surface area contributed by atoms with Crippen LogP contribution in [0.3, 0.4) is 0 Å². The zero-order valence-electron chi connectivity index (χ0n) is 19.3. The zero-order chi connectivity index (χ0) is 24.1. The van der Waals surface area contributed by atoms with Crippen LogP contribution in [-0.4, -0.2) is 22.6 Å². The third-order valence-electron chi connectivity index (χ3n) is 8.33. The number of carbonyl (C=O) groups excluding carboxylic acids is 2. The monoisotopic (exact) mass is 464 g/mol. The van der Waals surface area contributed by atoms with E-state index < -0.39 is 22.7 Å². The first kappa shape index (κ1) is 23.1. The van der Waals surface area contributed by atoms with Crippen LogP contribution in [0.25, 0.3) is 6.08 Å². The number of Topliss-reactive ketones (excluding diaryl/α,β-unsaturated/α-hetero) is 2. The van der Waals surface area contributed by atoms with E-state index in [2.05, 4.69) is 0 Å². The Bertz CT molecular complexity index is 1080. The minimum Gasteiger partial charge on any atom is -0.374 e. The molecule has 1 N–H and O–H groups in total. The summed E-state index contributed by atoms with van der Waals surface area (Å²) in [5.41, 5.74) is -3.01. The van der Waals surface area contributed by atoms with Gasteiger partial charge in [-0.2, -0.15) is 8.78 Å². The van der Waals surface area contributed by atoms with Gasteiger partial charge in [0.05, 0.1) is 0 Å². The van der Waals surface area contributed by atoms with Gasteiger partial charge in [0, 0.05) is 11.0 Å². The van der Waals surface area contributed by atoms with Crippen LogP contribution in [0.2, 0.25) is 0 Å². The van der Waals surface area contributed by atoms with E-state index in [0.717, 1.165) is 25.3 Å². The van der Waals surface area contributed by atoms with E-state index in [1.165, 1.54) is 37.3 Å². The average molecular weight is 465 g/mol. The van der Waals surface area contributed by atoms with Crippen LogP contribution in [0, 0.1) is 23.2 Å². The first-order chi connectivity index (χ1) is 16.1. The summed E-state index contributed by atoms with van der Waals surface area (Å²) in [4.78, 5) is 25.4. The predicted octanol–water partition coefficient (Wildman–Crippen LogP) is 6.21. The Morgan fingerprint density at radius 3 is 1.94 bits per heavy atom. The maximum absolute atomic E-state index is 16.3. The zero-order valence-corrected chi connectivity index (χ0v) is 19.3. The highest BCUT2D eigenvalue weighted by Crippen LogP contribution is 2.62. The number of carbonyl (C=O) groups is 2. The van der Waals surface area contributed by atoms with E-state index in [1.807, 2.05) is 6.07 Å². The molecule has 0 spiro atoms. The number of alkyl halides is 2. The van der Waals surface area contributed by atoms with Crippen molar-refractivity contribution >= 4 is 17.6 Å². The van der Waals surface area contributed by atoms with Crippen molar-refractivity contribution in [2.24, 2.45) is 23.2 Å². The minimum absolute atomic E-state index is 0.104. The lowest BCUT2D eigenvalue weighted by Gasteiger charge is -2.57. The average Bonchev–Trinajstić information content (AvgIpc) is 2.81. The summed E-state index contributed by atoms with van der Waals surface area (Å²) < 4.78 is 32.6. The van der Waals surface area contributed by atoms with Crippen LogP contribution in [0.5, 0.6) is 0 Å². The summed E-state index contributed by atoms with van der Waals surface area (Å²) in [6.07, 6.45) is 7.05. The molecule has 0 radical (unpaired) electrons. The first-order valence-electron chi connectivity index (χ1n) is 12.1. The lowest BCUT2D eigenvalue weighted by Crippen LogP contribution is -2.60. The number of halogens is 2. The molecule has 5 heteroatoms. The molecule has 4 fully saturated rings. The molecule has 3 nitrogen and oxygen atoms in total. The van der Waals surface area contributed by atoms with E-state index >= 15 is 8.78 Å². The molecule has 4 saturated carbocycles. The van der Waals surface area contributed by atoms with Crippen molar-refractivity contribution in [3.8, 4) is 0 Å². The third kappa shape index (κ3) is 3.74. The van der Waals surface area contributed by atoms with Gasteiger partial charge < -0.3 is 5.11 Å². The van der Waals surface area contributed by atoms with Gasteiger partial charge in [-0.1, -0.05) is 60.7 Å². The van der Waals surface area contributed by atoms with Crippen LogP contribution in [0.15, 0.2) is 60.7 Å². The maximum atomic E-state index is 16.3. The molecule has 178 valence electrons. The van der Waals surface area contributed by atoms with E-state index in [4.69, 9.17) is 0 Å².